The van der Waals surface area contributed by atoms with Crippen molar-refractivity contribution in [1.82, 2.24) is 4.31 Å². The molecule has 0 saturated carbocycles. The second-order valence-electron chi connectivity index (χ2n) is 2.20. The minimum atomic E-state index is -3.27. The number of hydrogen-bond donors (Lipinski definition) is 0. The third-order valence-corrected chi connectivity index (χ3v) is 3.13. The molecule has 0 aromatic rings. The van der Waals surface area contributed by atoms with Crippen molar-refractivity contribution in [2.75, 3.05) is 19.8 Å². The maximum absolute atomic E-state index is 10.9. The van der Waals surface area contributed by atoms with Crippen molar-refractivity contribution in [1.29, 1.82) is 0 Å². The Balaban J connectivity index is 4.05. The summed E-state index contributed by atoms with van der Waals surface area (Å²) in [5, 5.41) is -0.629. The van der Waals surface area contributed by atoms with E-state index in [1.807, 2.05) is 0 Å². The molecule has 0 aliphatic heterocycles. The number of nitrogens with zero attached hydrogens (tertiary/aromatic N) is 1. The minimum Gasteiger partial charge on any atom is -0.281 e. The lowest BCUT2D eigenvalue weighted by molar-refractivity contribution is -0.111. The number of halogens is 1. The molecule has 0 rings (SSSR count). The summed E-state index contributed by atoms with van der Waals surface area (Å²) in [7, 11) is -0.444. The van der Waals surface area contributed by atoms with Gasteiger partial charge < -0.3 is 0 Å². The highest BCUT2D eigenvalue weighted by Crippen LogP contribution is 1.98. The molecule has 0 fully saturated rings. The molecule has 0 atom stereocenters. The molecule has 0 amide bonds. The summed E-state index contributed by atoms with van der Waals surface area (Å²) in [5.74, 6) is -0.220. The van der Waals surface area contributed by atoms with Crippen LogP contribution in [0.15, 0.2) is 0 Å². The van der Waals surface area contributed by atoms with Gasteiger partial charge >= 0.3 is 0 Å². The topological polar surface area (TPSA) is 54.5 Å². The normalized spacial score (nSPS) is 12.0. The quantitative estimate of drug-likeness (QED) is 0.601. The highest BCUT2D eigenvalue weighted by atomic mass is 35.5. The van der Waals surface area contributed by atoms with E-state index in [2.05, 4.69) is 0 Å². The largest absolute Gasteiger partial charge is 0.281 e. The van der Waals surface area contributed by atoms with Gasteiger partial charge in [-0.25, -0.2) is 12.7 Å². The van der Waals surface area contributed by atoms with Gasteiger partial charge in [0.25, 0.3) is 0 Å². The zero-order valence-electron chi connectivity index (χ0n) is 6.37. The van der Waals surface area contributed by atoms with Crippen molar-refractivity contribution in [3.05, 3.63) is 0 Å². The lowest BCUT2D eigenvalue weighted by Crippen LogP contribution is -2.25. The van der Waals surface area contributed by atoms with Gasteiger partial charge in [0.1, 0.15) is 0 Å². The summed E-state index contributed by atoms with van der Waals surface area (Å²) >= 11 is 4.97. The predicted octanol–water partition coefficient (Wildman–Crippen LogP) is 0.0333. The summed E-state index contributed by atoms with van der Waals surface area (Å²) in [6.07, 6.45) is -0.137. The van der Waals surface area contributed by atoms with E-state index in [9.17, 15) is 13.2 Å². The van der Waals surface area contributed by atoms with E-state index in [0.717, 1.165) is 4.31 Å². The van der Waals surface area contributed by atoms with Gasteiger partial charge in [-0.3, -0.25) is 4.79 Å². The number of sulfonamides is 1. The van der Waals surface area contributed by atoms with Crippen LogP contribution in [0.4, 0.5) is 0 Å². The molecular weight excluding hydrogens is 190 g/mol. The maximum atomic E-state index is 10.9. The van der Waals surface area contributed by atoms with Gasteiger partial charge in [-0.1, -0.05) is 0 Å². The summed E-state index contributed by atoms with van der Waals surface area (Å²) in [6, 6.07) is 0. The Morgan fingerprint density at radius 3 is 2.18 bits per heavy atom. The molecule has 0 unspecified atom stereocenters. The Kier molecular flexibility index (Phi) is 3.99. The number of carbonyl (C=O) groups excluding carboxylic acids is 1. The Morgan fingerprint density at radius 2 is 1.91 bits per heavy atom. The first-order chi connectivity index (χ1) is 4.86. The van der Waals surface area contributed by atoms with E-state index in [4.69, 9.17) is 11.6 Å². The second-order valence-corrected chi connectivity index (χ2v) is 4.93. The van der Waals surface area contributed by atoms with Crippen molar-refractivity contribution in [3.63, 3.8) is 0 Å². The monoisotopic (exact) mass is 199 g/mol. The van der Waals surface area contributed by atoms with Crippen LogP contribution in [0.1, 0.15) is 6.42 Å². The van der Waals surface area contributed by atoms with Crippen LogP contribution >= 0.6 is 11.6 Å². The Morgan fingerprint density at radius 1 is 1.45 bits per heavy atom. The van der Waals surface area contributed by atoms with Gasteiger partial charge in [-0.2, -0.15) is 0 Å². The molecule has 0 radical (unpaired) electrons. The SMILES string of the molecule is CN(C)S(=O)(=O)CCC(=O)Cl. The standard InChI is InChI=1S/C5H10ClNO3S/c1-7(2)11(9,10)4-3-5(6)8/h3-4H2,1-2H3. The molecule has 0 spiro atoms. The lowest BCUT2D eigenvalue weighted by atomic mass is 10.6. The van der Waals surface area contributed by atoms with Crippen LogP contribution in [0.25, 0.3) is 0 Å². The van der Waals surface area contributed by atoms with E-state index >= 15 is 0 Å². The van der Waals surface area contributed by atoms with Gasteiger partial charge in [-0.05, 0) is 11.6 Å². The van der Waals surface area contributed by atoms with Gasteiger partial charge in [-0.15, -0.1) is 0 Å². The molecule has 0 heterocycles. The van der Waals surface area contributed by atoms with Crippen LogP contribution < -0.4 is 0 Å². The molecule has 4 nitrogen and oxygen atoms in total. The molecule has 0 aromatic heterocycles. The molecule has 0 bridgehead atoms. The van der Waals surface area contributed by atoms with Gasteiger partial charge in [0.05, 0.1) is 5.75 Å². The third-order valence-electron chi connectivity index (χ3n) is 1.11. The Hall–Kier alpha value is -0.130. The van der Waals surface area contributed by atoms with Crippen molar-refractivity contribution >= 4 is 26.9 Å². The van der Waals surface area contributed by atoms with Crippen LogP contribution in [0.2, 0.25) is 0 Å². The highest BCUT2D eigenvalue weighted by Gasteiger charge is 2.14. The molecule has 0 aliphatic rings. The Bertz CT molecular complexity index is 234. The van der Waals surface area contributed by atoms with Crippen molar-refractivity contribution in [3.8, 4) is 0 Å². The molecule has 0 saturated heterocycles. The van der Waals surface area contributed by atoms with Crippen LogP contribution in [-0.4, -0.2) is 37.8 Å². The first kappa shape index (κ1) is 10.9. The highest BCUT2D eigenvalue weighted by molar-refractivity contribution is 7.89. The molecule has 0 aromatic carbocycles. The van der Waals surface area contributed by atoms with Crippen LogP contribution in [-0.2, 0) is 14.8 Å². The molecule has 0 aliphatic carbocycles. The van der Waals surface area contributed by atoms with Crippen LogP contribution in [0, 0.1) is 0 Å². The van der Waals surface area contributed by atoms with Crippen molar-refractivity contribution in [2.45, 2.75) is 6.42 Å². The summed E-state index contributed by atoms with van der Waals surface area (Å²) in [4.78, 5) is 10.2. The van der Waals surface area contributed by atoms with E-state index in [1.165, 1.54) is 14.1 Å². The summed E-state index contributed by atoms with van der Waals surface area (Å²) in [6.45, 7) is 0. The molecule has 6 heteroatoms. The zero-order chi connectivity index (χ0) is 9.07. The average molecular weight is 200 g/mol. The van der Waals surface area contributed by atoms with Crippen molar-refractivity contribution in [2.24, 2.45) is 0 Å². The minimum absolute atomic E-state index is 0.137. The van der Waals surface area contributed by atoms with Gasteiger partial charge in [0.2, 0.25) is 15.3 Å². The molecule has 0 N–H and O–H groups in total. The first-order valence-corrected chi connectivity index (χ1v) is 4.93. The number of hydrogen-bond acceptors (Lipinski definition) is 3. The second kappa shape index (κ2) is 4.04. The smallest absolute Gasteiger partial charge is 0.222 e. The van der Waals surface area contributed by atoms with Crippen LogP contribution in [0.3, 0.4) is 0 Å². The third kappa shape index (κ3) is 4.34. The van der Waals surface area contributed by atoms with Crippen LogP contribution in [0.5, 0.6) is 0 Å². The van der Waals surface area contributed by atoms with Gasteiger partial charge in [0, 0.05) is 20.5 Å². The summed E-state index contributed by atoms with van der Waals surface area (Å²) in [5.41, 5.74) is 0. The maximum Gasteiger partial charge on any atom is 0.222 e. The number of rotatable bonds is 4. The van der Waals surface area contributed by atoms with E-state index < -0.39 is 15.3 Å². The fourth-order valence-corrected chi connectivity index (χ4v) is 1.41. The predicted molar refractivity (Wildman–Crippen MR) is 43.0 cm³/mol. The fourth-order valence-electron chi connectivity index (χ4n) is 0.392. The fraction of sp³-hybridized carbons (Fsp3) is 0.800. The van der Waals surface area contributed by atoms with E-state index in [-0.39, 0.29) is 12.2 Å². The first-order valence-electron chi connectivity index (χ1n) is 2.95. The Labute approximate surface area is 71.2 Å². The van der Waals surface area contributed by atoms with Crippen molar-refractivity contribution < 1.29 is 13.2 Å². The molecule has 11 heavy (non-hydrogen) atoms. The summed E-state index contributed by atoms with van der Waals surface area (Å²) < 4.78 is 23.0. The van der Waals surface area contributed by atoms with Gasteiger partial charge in [0.15, 0.2) is 0 Å². The average Bonchev–Trinajstić information content (AvgIpc) is 1.84. The molecule has 66 valence electrons. The van der Waals surface area contributed by atoms with E-state index in [1.54, 1.807) is 0 Å². The number of carbonyl (C=O) groups is 1. The molecular formula is C5H10ClNO3S. The zero-order valence-corrected chi connectivity index (χ0v) is 7.94. The lowest BCUT2D eigenvalue weighted by Gasteiger charge is -2.08. The van der Waals surface area contributed by atoms with E-state index in [0.29, 0.717) is 0 Å².